The van der Waals surface area contributed by atoms with E-state index in [1.165, 1.54) is 31.2 Å². The lowest BCUT2D eigenvalue weighted by molar-refractivity contribution is -0.135. The molecule has 1 aromatic rings. The summed E-state index contributed by atoms with van der Waals surface area (Å²) >= 11 is 0. The Morgan fingerprint density at radius 3 is 3.05 bits per heavy atom. The molecule has 1 saturated heterocycles. The lowest BCUT2D eigenvalue weighted by Crippen LogP contribution is -2.50. The average molecular weight is 261 g/mol. The molecule has 104 valence electrons. The number of ether oxygens (including phenoxy) is 2. The molecular weight excluding hydrogens is 238 g/mol. The molecule has 1 heterocycles. The topological polar surface area (TPSA) is 30.5 Å². The highest BCUT2D eigenvalue weighted by Crippen LogP contribution is 2.42. The number of methoxy groups -OCH3 is 1. The molecule has 1 aliphatic carbocycles. The van der Waals surface area contributed by atoms with E-state index < -0.39 is 0 Å². The van der Waals surface area contributed by atoms with Gasteiger partial charge in [0.15, 0.2) is 0 Å². The Morgan fingerprint density at radius 2 is 2.32 bits per heavy atom. The number of nitrogens with one attached hydrogen (secondary N) is 1. The normalized spacial score (nSPS) is 25.0. The van der Waals surface area contributed by atoms with Gasteiger partial charge >= 0.3 is 0 Å². The Bertz CT molecular complexity index is 429. The van der Waals surface area contributed by atoms with Crippen LogP contribution in [-0.2, 0) is 11.3 Å². The van der Waals surface area contributed by atoms with Crippen molar-refractivity contribution in [1.29, 1.82) is 0 Å². The van der Waals surface area contributed by atoms with E-state index in [1.54, 1.807) is 7.11 Å². The second-order valence-corrected chi connectivity index (χ2v) is 5.81. The van der Waals surface area contributed by atoms with E-state index >= 15 is 0 Å². The molecule has 1 unspecified atom stereocenters. The molecule has 1 N–H and O–H groups in total. The summed E-state index contributed by atoms with van der Waals surface area (Å²) in [5, 5.41) is 3.68. The fraction of sp³-hybridized carbons (Fsp3) is 0.625. The van der Waals surface area contributed by atoms with Gasteiger partial charge in [0, 0.05) is 19.2 Å². The van der Waals surface area contributed by atoms with Crippen molar-refractivity contribution >= 4 is 0 Å². The standard InChI is InChI=1S/C16H23NO2/c1-18-15-5-2-4-13(10-15)12-17-14-6-9-19-16(11-14)7-3-8-16/h2,4-5,10,14,17H,3,6-9,11-12H2,1H3. The predicted octanol–water partition coefficient (Wildman–Crippen LogP) is 2.89. The summed E-state index contributed by atoms with van der Waals surface area (Å²) in [6.07, 6.45) is 6.15. The summed E-state index contributed by atoms with van der Waals surface area (Å²) in [4.78, 5) is 0. The van der Waals surface area contributed by atoms with E-state index in [1.807, 2.05) is 12.1 Å². The van der Waals surface area contributed by atoms with Crippen LogP contribution in [0.3, 0.4) is 0 Å². The molecule has 3 rings (SSSR count). The van der Waals surface area contributed by atoms with Crippen LogP contribution in [-0.4, -0.2) is 25.4 Å². The first-order valence-corrected chi connectivity index (χ1v) is 7.30. The van der Waals surface area contributed by atoms with Gasteiger partial charge in [0.1, 0.15) is 5.75 Å². The van der Waals surface area contributed by atoms with Crippen molar-refractivity contribution in [2.75, 3.05) is 13.7 Å². The van der Waals surface area contributed by atoms with Crippen molar-refractivity contribution in [3.05, 3.63) is 29.8 Å². The van der Waals surface area contributed by atoms with Crippen molar-refractivity contribution in [2.24, 2.45) is 0 Å². The van der Waals surface area contributed by atoms with E-state index in [2.05, 4.69) is 17.4 Å². The summed E-state index contributed by atoms with van der Waals surface area (Å²) in [6.45, 7) is 1.83. The highest BCUT2D eigenvalue weighted by Gasteiger charge is 2.42. The van der Waals surface area contributed by atoms with E-state index in [-0.39, 0.29) is 5.60 Å². The van der Waals surface area contributed by atoms with Gasteiger partial charge in [-0.25, -0.2) is 0 Å². The molecule has 19 heavy (non-hydrogen) atoms. The molecule has 1 spiro atoms. The zero-order valence-corrected chi connectivity index (χ0v) is 11.7. The number of hydrogen-bond acceptors (Lipinski definition) is 3. The SMILES string of the molecule is COc1cccc(CNC2CCOC3(CCC3)C2)c1. The van der Waals surface area contributed by atoms with Crippen LogP contribution in [0.4, 0.5) is 0 Å². The first-order valence-electron chi connectivity index (χ1n) is 7.30. The molecule has 3 heteroatoms. The minimum Gasteiger partial charge on any atom is -0.497 e. The van der Waals surface area contributed by atoms with Gasteiger partial charge in [0.05, 0.1) is 12.7 Å². The van der Waals surface area contributed by atoms with E-state index in [0.717, 1.165) is 25.3 Å². The van der Waals surface area contributed by atoms with Crippen molar-refractivity contribution in [3.63, 3.8) is 0 Å². The minimum absolute atomic E-state index is 0.226. The molecule has 1 aromatic carbocycles. The Kier molecular flexibility index (Phi) is 3.76. The summed E-state index contributed by atoms with van der Waals surface area (Å²) in [5.41, 5.74) is 1.51. The lowest BCUT2D eigenvalue weighted by atomic mass is 9.74. The van der Waals surface area contributed by atoms with Crippen molar-refractivity contribution in [3.8, 4) is 5.75 Å². The molecule has 2 fully saturated rings. The molecule has 3 nitrogen and oxygen atoms in total. The van der Waals surface area contributed by atoms with Crippen LogP contribution in [0.25, 0.3) is 0 Å². The molecule has 1 atom stereocenters. The molecule has 0 bridgehead atoms. The number of benzene rings is 1. The predicted molar refractivity (Wildman–Crippen MR) is 75.4 cm³/mol. The Hall–Kier alpha value is -1.06. The Morgan fingerprint density at radius 1 is 1.42 bits per heavy atom. The number of rotatable bonds is 4. The van der Waals surface area contributed by atoms with Crippen molar-refractivity contribution < 1.29 is 9.47 Å². The Balaban J connectivity index is 1.53. The Labute approximate surface area is 115 Å². The summed E-state index contributed by atoms with van der Waals surface area (Å²) < 4.78 is 11.2. The van der Waals surface area contributed by atoms with E-state index in [9.17, 15) is 0 Å². The van der Waals surface area contributed by atoms with Crippen LogP contribution >= 0.6 is 0 Å². The quantitative estimate of drug-likeness (QED) is 0.904. The summed E-state index contributed by atoms with van der Waals surface area (Å²) in [7, 11) is 1.71. The van der Waals surface area contributed by atoms with Crippen LogP contribution in [0.2, 0.25) is 0 Å². The van der Waals surface area contributed by atoms with Gasteiger partial charge in [-0.1, -0.05) is 12.1 Å². The monoisotopic (exact) mass is 261 g/mol. The van der Waals surface area contributed by atoms with Crippen LogP contribution in [0.1, 0.15) is 37.7 Å². The molecular formula is C16H23NO2. The third-order valence-corrected chi connectivity index (χ3v) is 4.49. The van der Waals surface area contributed by atoms with Crippen LogP contribution in [0.15, 0.2) is 24.3 Å². The molecule has 1 saturated carbocycles. The van der Waals surface area contributed by atoms with E-state index in [4.69, 9.17) is 9.47 Å². The van der Waals surface area contributed by atoms with Crippen molar-refractivity contribution in [2.45, 2.75) is 50.3 Å². The third kappa shape index (κ3) is 2.93. The van der Waals surface area contributed by atoms with Gasteiger partial charge in [-0.05, 0) is 49.8 Å². The summed E-state index contributed by atoms with van der Waals surface area (Å²) in [6, 6.07) is 8.88. The van der Waals surface area contributed by atoms with Gasteiger partial charge in [-0.15, -0.1) is 0 Å². The fourth-order valence-electron chi connectivity index (χ4n) is 3.17. The molecule has 0 radical (unpaired) electrons. The smallest absolute Gasteiger partial charge is 0.119 e. The maximum Gasteiger partial charge on any atom is 0.119 e. The largest absolute Gasteiger partial charge is 0.497 e. The molecule has 0 amide bonds. The van der Waals surface area contributed by atoms with Gasteiger partial charge in [-0.2, -0.15) is 0 Å². The van der Waals surface area contributed by atoms with Gasteiger partial charge in [0.2, 0.25) is 0 Å². The van der Waals surface area contributed by atoms with Crippen LogP contribution < -0.4 is 10.1 Å². The highest BCUT2D eigenvalue weighted by molar-refractivity contribution is 5.28. The first-order chi connectivity index (χ1) is 9.30. The average Bonchev–Trinajstić information content (AvgIpc) is 2.44. The maximum absolute atomic E-state index is 5.96. The number of hydrogen-bond donors (Lipinski definition) is 1. The third-order valence-electron chi connectivity index (χ3n) is 4.49. The van der Waals surface area contributed by atoms with Crippen LogP contribution in [0.5, 0.6) is 5.75 Å². The minimum atomic E-state index is 0.226. The zero-order valence-electron chi connectivity index (χ0n) is 11.7. The van der Waals surface area contributed by atoms with Gasteiger partial charge < -0.3 is 14.8 Å². The van der Waals surface area contributed by atoms with Gasteiger partial charge in [0.25, 0.3) is 0 Å². The molecule has 0 aromatic heterocycles. The van der Waals surface area contributed by atoms with Gasteiger partial charge in [-0.3, -0.25) is 0 Å². The lowest BCUT2D eigenvalue weighted by Gasteiger charge is -2.47. The van der Waals surface area contributed by atoms with Crippen LogP contribution in [0, 0.1) is 0 Å². The fourth-order valence-corrected chi connectivity index (χ4v) is 3.17. The second kappa shape index (κ2) is 5.51. The van der Waals surface area contributed by atoms with E-state index in [0.29, 0.717) is 6.04 Å². The summed E-state index contributed by atoms with van der Waals surface area (Å²) in [5.74, 6) is 0.932. The first kappa shape index (κ1) is 12.9. The zero-order chi connectivity index (χ0) is 13.1. The maximum atomic E-state index is 5.96. The highest BCUT2D eigenvalue weighted by atomic mass is 16.5. The second-order valence-electron chi connectivity index (χ2n) is 5.81. The molecule has 2 aliphatic rings. The molecule has 1 aliphatic heterocycles. The van der Waals surface area contributed by atoms with Crippen molar-refractivity contribution in [1.82, 2.24) is 5.32 Å².